The molecule has 6 heteroatoms. The minimum atomic E-state index is -0.452. The number of thiazole rings is 1. The second-order valence-corrected chi connectivity index (χ2v) is 8.23. The largest absolute Gasteiger partial charge is 0.494 e. The third kappa shape index (κ3) is 3.60. The quantitative estimate of drug-likeness (QED) is 0.513. The molecule has 5 nitrogen and oxygen atoms in total. The number of hydrogen-bond donors (Lipinski definition) is 0. The normalized spacial score (nSPS) is 27.0. The molecule has 2 bridgehead atoms. The van der Waals surface area contributed by atoms with Crippen LogP contribution in [-0.2, 0) is 16.0 Å². The lowest BCUT2D eigenvalue weighted by Gasteiger charge is -2.34. The Bertz CT molecular complexity index is 752. The molecule has 3 heterocycles. The summed E-state index contributed by atoms with van der Waals surface area (Å²) in [5.74, 6) is 0.836. The molecule has 1 aromatic carbocycles. The van der Waals surface area contributed by atoms with Gasteiger partial charge in [-0.05, 0) is 37.8 Å². The topological polar surface area (TPSA) is 51.7 Å². The molecule has 2 aromatic rings. The van der Waals surface area contributed by atoms with Crippen LogP contribution in [0.2, 0.25) is 0 Å². The fraction of sp³-hybridized carbons (Fsp3) is 0.524. The van der Waals surface area contributed by atoms with Crippen molar-refractivity contribution in [3.63, 3.8) is 0 Å². The van der Waals surface area contributed by atoms with Gasteiger partial charge in [0.1, 0.15) is 5.75 Å². The molecule has 2 fully saturated rings. The molecule has 2 saturated heterocycles. The van der Waals surface area contributed by atoms with Crippen LogP contribution in [0.4, 0.5) is 0 Å². The third-order valence-corrected chi connectivity index (χ3v) is 6.66. The summed E-state index contributed by atoms with van der Waals surface area (Å²) in [7, 11) is 1.51. The van der Waals surface area contributed by atoms with E-state index in [0.29, 0.717) is 19.1 Å². The predicted octanol–water partition coefficient (Wildman–Crippen LogP) is 3.55. The van der Waals surface area contributed by atoms with Gasteiger partial charge in [0.15, 0.2) is 0 Å². The van der Waals surface area contributed by atoms with E-state index in [2.05, 4.69) is 15.3 Å². The van der Waals surface area contributed by atoms with E-state index in [1.165, 1.54) is 13.5 Å². The zero-order chi connectivity index (χ0) is 18.7. The Balaban J connectivity index is 1.40. The summed E-state index contributed by atoms with van der Waals surface area (Å²) in [4.78, 5) is 19.8. The Morgan fingerprint density at radius 1 is 1.33 bits per heavy atom. The van der Waals surface area contributed by atoms with E-state index in [9.17, 15) is 4.79 Å². The molecule has 144 valence electrons. The van der Waals surface area contributed by atoms with Gasteiger partial charge in [-0.1, -0.05) is 18.2 Å². The predicted molar refractivity (Wildman–Crippen MR) is 105 cm³/mol. The molecule has 2 aliphatic heterocycles. The Hall–Kier alpha value is -1.92. The summed E-state index contributed by atoms with van der Waals surface area (Å²) in [6.45, 7) is 1.65. The lowest BCUT2D eigenvalue weighted by Crippen LogP contribution is -2.46. The highest BCUT2D eigenvalue weighted by Crippen LogP contribution is 2.52. The lowest BCUT2D eigenvalue weighted by molar-refractivity contribution is -0.155. The highest BCUT2D eigenvalue weighted by molar-refractivity contribution is 7.07. The molecule has 27 heavy (non-hydrogen) atoms. The summed E-state index contributed by atoms with van der Waals surface area (Å²) < 4.78 is 11.1. The molecular formula is C21H26N2O3S. The van der Waals surface area contributed by atoms with Crippen molar-refractivity contribution in [3.05, 3.63) is 46.9 Å². The minimum Gasteiger partial charge on any atom is -0.494 e. The van der Waals surface area contributed by atoms with Gasteiger partial charge in [0.05, 0.1) is 30.3 Å². The van der Waals surface area contributed by atoms with Crippen molar-refractivity contribution in [2.75, 3.05) is 20.3 Å². The van der Waals surface area contributed by atoms with Crippen LogP contribution >= 0.6 is 11.3 Å². The molecule has 0 radical (unpaired) electrons. The summed E-state index contributed by atoms with van der Waals surface area (Å²) in [6.07, 6.45) is 4.74. The van der Waals surface area contributed by atoms with Crippen molar-refractivity contribution < 1.29 is 14.3 Å². The van der Waals surface area contributed by atoms with Crippen LogP contribution in [0.3, 0.4) is 0 Å². The highest BCUT2D eigenvalue weighted by Gasteiger charge is 2.60. The SMILES string of the molecule is COC(=O)[C@@]1(Cc2cscn2)C[C@H]2CC[C@@H]1N2CCCOc1ccccc1. The maximum atomic E-state index is 12.8. The zero-order valence-electron chi connectivity index (χ0n) is 15.7. The summed E-state index contributed by atoms with van der Waals surface area (Å²) in [6, 6.07) is 10.6. The van der Waals surface area contributed by atoms with Crippen LogP contribution in [0, 0.1) is 5.41 Å². The molecule has 2 aliphatic rings. The average molecular weight is 387 g/mol. The molecule has 0 aliphatic carbocycles. The van der Waals surface area contributed by atoms with Crippen LogP contribution in [0.15, 0.2) is 41.2 Å². The molecule has 0 N–H and O–H groups in total. The Labute approximate surface area is 164 Å². The number of rotatable bonds is 8. The number of fused-ring (bicyclic) bond motifs is 2. The van der Waals surface area contributed by atoms with E-state index in [-0.39, 0.29) is 12.0 Å². The van der Waals surface area contributed by atoms with E-state index < -0.39 is 5.41 Å². The molecule has 0 unspecified atom stereocenters. The third-order valence-electron chi connectivity index (χ3n) is 6.02. The van der Waals surface area contributed by atoms with E-state index in [0.717, 1.165) is 37.3 Å². The molecule has 4 rings (SSSR count). The number of hydrogen-bond acceptors (Lipinski definition) is 6. The summed E-state index contributed by atoms with van der Waals surface area (Å²) in [5, 5.41) is 2.05. The first-order valence-electron chi connectivity index (χ1n) is 9.62. The summed E-state index contributed by atoms with van der Waals surface area (Å²) in [5.41, 5.74) is 2.39. The number of methoxy groups -OCH3 is 1. The number of benzene rings is 1. The fourth-order valence-electron chi connectivity index (χ4n) is 4.93. The van der Waals surface area contributed by atoms with Crippen molar-refractivity contribution in [1.29, 1.82) is 0 Å². The molecule has 1 aromatic heterocycles. The van der Waals surface area contributed by atoms with Crippen molar-refractivity contribution in [1.82, 2.24) is 9.88 Å². The van der Waals surface area contributed by atoms with Crippen LogP contribution < -0.4 is 4.74 Å². The van der Waals surface area contributed by atoms with Crippen molar-refractivity contribution in [2.24, 2.45) is 5.41 Å². The second-order valence-electron chi connectivity index (χ2n) is 7.51. The van der Waals surface area contributed by atoms with Gasteiger partial charge >= 0.3 is 5.97 Å². The van der Waals surface area contributed by atoms with E-state index in [4.69, 9.17) is 9.47 Å². The standard InChI is InChI=1S/C21H26N2O3S/c1-25-20(24)21(12-16-14-27-15-22-16)13-17-8-9-19(21)23(17)10-5-11-26-18-6-3-2-4-7-18/h2-4,6-7,14-15,17,19H,5,8-13H2,1H3/t17-,19+,21+/m1/s1. The van der Waals surface area contributed by atoms with Gasteiger partial charge in [-0.25, -0.2) is 4.98 Å². The van der Waals surface area contributed by atoms with Gasteiger partial charge < -0.3 is 9.47 Å². The number of carbonyl (C=O) groups is 1. The number of nitrogens with zero attached hydrogens (tertiary/aromatic N) is 2. The minimum absolute atomic E-state index is 0.0757. The van der Waals surface area contributed by atoms with Gasteiger partial charge in [-0.15, -0.1) is 11.3 Å². The van der Waals surface area contributed by atoms with E-state index in [1.54, 1.807) is 11.3 Å². The fourth-order valence-corrected chi connectivity index (χ4v) is 5.49. The number of aromatic nitrogens is 1. The molecular weight excluding hydrogens is 360 g/mol. The Kier molecular flexibility index (Phi) is 5.45. The Morgan fingerprint density at radius 2 is 2.19 bits per heavy atom. The number of ether oxygens (including phenoxy) is 2. The maximum Gasteiger partial charge on any atom is 0.313 e. The lowest BCUT2D eigenvalue weighted by atomic mass is 9.71. The highest BCUT2D eigenvalue weighted by atomic mass is 32.1. The van der Waals surface area contributed by atoms with Crippen molar-refractivity contribution >= 4 is 17.3 Å². The first-order valence-corrected chi connectivity index (χ1v) is 10.6. The number of para-hydroxylation sites is 1. The van der Waals surface area contributed by atoms with Gasteiger partial charge in [0.25, 0.3) is 0 Å². The van der Waals surface area contributed by atoms with Crippen molar-refractivity contribution in [2.45, 2.75) is 44.2 Å². The monoisotopic (exact) mass is 386 g/mol. The van der Waals surface area contributed by atoms with E-state index >= 15 is 0 Å². The van der Waals surface area contributed by atoms with Crippen molar-refractivity contribution in [3.8, 4) is 5.75 Å². The van der Waals surface area contributed by atoms with Crippen LogP contribution in [0.5, 0.6) is 5.75 Å². The molecule has 3 atom stereocenters. The van der Waals surface area contributed by atoms with Crippen LogP contribution in [0.25, 0.3) is 0 Å². The van der Waals surface area contributed by atoms with Gasteiger partial charge in [-0.3, -0.25) is 9.69 Å². The van der Waals surface area contributed by atoms with Gasteiger partial charge in [0, 0.05) is 30.4 Å². The average Bonchev–Trinajstić information content (AvgIpc) is 3.41. The number of esters is 1. The molecule has 0 saturated carbocycles. The van der Waals surface area contributed by atoms with Crippen LogP contribution in [-0.4, -0.2) is 48.2 Å². The second kappa shape index (κ2) is 7.98. The molecule has 0 spiro atoms. The maximum absolute atomic E-state index is 12.8. The molecule has 0 amide bonds. The number of carbonyl (C=O) groups excluding carboxylic acids is 1. The smallest absolute Gasteiger partial charge is 0.313 e. The Morgan fingerprint density at radius 3 is 2.93 bits per heavy atom. The summed E-state index contributed by atoms with van der Waals surface area (Å²) >= 11 is 1.58. The van der Waals surface area contributed by atoms with E-state index in [1.807, 2.05) is 35.8 Å². The van der Waals surface area contributed by atoms with Gasteiger partial charge in [-0.2, -0.15) is 0 Å². The van der Waals surface area contributed by atoms with Crippen LogP contribution in [0.1, 0.15) is 31.4 Å². The first-order chi connectivity index (χ1) is 13.2. The van der Waals surface area contributed by atoms with Gasteiger partial charge in [0.2, 0.25) is 0 Å². The first kappa shape index (κ1) is 18.4. The zero-order valence-corrected chi connectivity index (χ0v) is 16.5.